The van der Waals surface area contributed by atoms with Crippen LogP contribution >= 0.6 is 15.9 Å². The predicted molar refractivity (Wildman–Crippen MR) is 119 cm³/mol. The smallest absolute Gasteiger partial charge is 0.412 e. The van der Waals surface area contributed by atoms with Gasteiger partial charge in [-0.2, -0.15) is 0 Å². The summed E-state index contributed by atoms with van der Waals surface area (Å²) >= 11 is 3.35. The van der Waals surface area contributed by atoms with Crippen molar-refractivity contribution in [1.82, 2.24) is 9.38 Å². The van der Waals surface area contributed by atoms with Crippen LogP contribution in [0.15, 0.2) is 71.3 Å². The van der Waals surface area contributed by atoms with Gasteiger partial charge < -0.3 is 9.84 Å². The highest BCUT2D eigenvalue weighted by Crippen LogP contribution is 2.44. The maximum atomic E-state index is 12.6. The lowest BCUT2D eigenvalue weighted by Crippen LogP contribution is -2.20. The lowest BCUT2D eigenvalue weighted by molar-refractivity contribution is 0.0692. The van der Waals surface area contributed by atoms with Crippen LogP contribution in [0.3, 0.4) is 0 Å². The average Bonchev–Trinajstić information content (AvgIpc) is 3.30. The number of carboxylic acid groups (broad SMARTS) is 1. The van der Waals surface area contributed by atoms with E-state index < -0.39 is 12.1 Å². The van der Waals surface area contributed by atoms with Gasteiger partial charge in [-0.25, -0.2) is 14.6 Å². The first kappa shape index (κ1) is 19.3. The molecule has 2 aromatic carbocycles. The summed E-state index contributed by atoms with van der Waals surface area (Å²) in [4.78, 5) is 28.4. The van der Waals surface area contributed by atoms with E-state index >= 15 is 0 Å². The second-order valence-electron chi connectivity index (χ2n) is 7.11. The van der Waals surface area contributed by atoms with Crippen LogP contribution < -0.4 is 5.32 Å². The van der Waals surface area contributed by atoms with Gasteiger partial charge in [0, 0.05) is 12.1 Å². The van der Waals surface area contributed by atoms with Gasteiger partial charge in [0.15, 0.2) is 17.2 Å². The zero-order valence-electron chi connectivity index (χ0n) is 16.1. The highest BCUT2D eigenvalue weighted by atomic mass is 79.9. The van der Waals surface area contributed by atoms with Gasteiger partial charge >= 0.3 is 12.1 Å². The van der Waals surface area contributed by atoms with Crippen LogP contribution in [0.1, 0.15) is 27.5 Å². The van der Waals surface area contributed by atoms with E-state index in [1.54, 1.807) is 18.3 Å². The Kier molecular flexibility index (Phi) is 4.71. The topological polar surface area (TPSA) is 92.9 Å². The van der Waals surface area contributed by atoms with Gasteiger partial charge in [-0.15, -0.1) is 0 Å². The molecule has 0 fully saturated rings. The summed E-state index contributed by atoms with van der Waals surface area (Å²) in [6.07, 6.45) is 0.879. The summed E-state index contributed by atoms with van der Waals surface area (Å²) in [7, 11) is 0. The Labute approximate surface area is 185 Å². The minimum absolute atomic E-state index is 0.0426. The molecular weight excluding hydrogens is 462 g/mol. The van der Waals surface area contributed by atoms with Gasteiger partial charge in [0.1, 0.15) is 6.61 Å². The van der Waals surface area contributed by atoms with Gasteiger partial charge in [-0.1, -0.05) is 48.5 Å². The third-order valence-electron chi connectivity index (χ3n) is 5.37. The number of carbonyl (C=O) groups excluding carboxylic acids is 1. The SMILES string of the molecule is O=C(Nc1c(C(=O)O)nc2c(Br)cccn12)OCC1c2ccccc2-c2ccccc21. The molecule has 1 amide bonds. The van der Waals surface area contributed by atoms with Crippen molar-refractivity contribution in [2.24, 2.45) is 0 Å². The summed E-state index contributed by atoms with van der Waals surface area (Å²) in [5, 5.41) is 12.1. The fraction of sp³-hybridized carbons (Fsp3) is 0.0870. The number of nitrogens with zero attached hydrogens (tertiary/aromatic N) is 2. The number of halogens is 1. The molecule has 8 heteroatoms. The number of hydrogen-bond donors (Lipinski definition) is 2. The number of ether oxygens (including phenoxy) is 1. The Morgan fingerprint density at radius 3 is 2.32 bits per heavy atom. The number of hydrogen-bond acceptors (Lipinski definition) is 4. The zero-order chi connectivity index (χ0) is 21.5. The van der Waals surface area contributed by atoms with Gasteiger partial charge in [0.2, 0.25) is 0 Å². The Hall–Kier alpha value is -3.65. The number of anilines is 1. The minimum atomic E-state index is -1.25. The number of benzene rings is 2. The molecule has 0 radical (unpaired) electrons. The van der Waals surface area contributed by atoms with Crippen LogP contribution in [-0.2, 0) is 4.74 Å². The molecule has 2 N–H and O–H groups in total. The largest absolute Gasteiger partial charge is 0.476 e. The maximum Gasteiger partial charge on any atom is 0.412 e. The molecule has 5 rings (SSSR count). The monoisotopic (exact) mass is 477 g/mol. The zero-order valence-corrected chi connectivity index (χ0v) is 17.7. The molecule has 31 heavy (non-hydrogen) atoms. The fourth-order valence-corrected chi connectivity index (χ4v) is 4.47. The molecule has 0 unspecified atom stereocenters. The molecule has 0 spiro atoms. The van der Waals surface area contributed by atoms with E-state index in [1.165, 1.54) is 4.40 Å². The van der Waals surface area contributed by atoms with Crippen molar-refractivity contribution in [3.05, 3.63) is 88.2 Å². The lowest BCUT2D eigenvalue weighted by atomic mass is 9.98. The van der Waals surface area contributed by atoms with Crippen molar-refractivity contribution in [2.45, 2.75) is 5.92 Å². The molecule has 1 aliphatic carbocycles. The molecule has 0 aliphatic heterocycles. The molecule has 7 nitrogen and oxygen atoms in total. The lowest BCUT2D eigenvalue weighted by Gasteiger charge is -2.14. The van der Waals surface area contributed by atoms with Gasteiger partial charge in [0.05, 0.1) is 4.47 Å². The molecule has 154 valence electrons. The van der Waals surface area contributed by atoms with E-state index in [0.717, 1.165) is 22.3 Å². The Bertz CT molecular complexity index is 1300. The van der Waals surface area contributed by atoms with Crippen molar-refractivity contribution >= 4 is 39.5 Å². The van der Waals surface area contributed by atoms with E-state index in [1.807, 2.05) is 36.4 Å². The Morgan fingerprint density at radius 2 is 1.68 bits per heavy atom. The Morgan fingerprint density at radius 1 is 1.03 bits per heavy atom. The van der Waals surface area contributed by atoms with Crippen molar-refractivity contribution in [2.75, 3.05) is 11.9 Å². The number of pyridine rings is 1. The normalized spacial score (nSPS) is 12.4. The van der Waals surface area contributed by atoms with Crippen LogP contribution in [0.4, 0.5) is 10.6 Å². The van der Waals surface area contributed by atoms with Gasteiger partial charge in [-0.3, -0.25) is 9.72 Å². The maximum absolute atomic E-state index is 12.6. The average molecular weight is 478 g/mol. The highest BCUT2D eigenvalue weighted by molar-refractivity contribution is 9.10. The molecule has 2 heterocycles. The van der Waals surface area contributed by atoms with Crippen LogP contribution in [0.2, 0.25) is 0 Å². The van der Waals surface area contributed by atoms with E-state index in [-0.39, 0.29) is 24.0 Å². The molecule has 2 aromatic heterocycles. The van der Waals surface area contributed by atoms with E-state index in [0.29, 0.717) is 10.1 Å². The van der Waals surface area contributed by atoms with Crippen LogP contribution in [-0.4, -0.2) is 33.2 Å². The van der Waals surface area contributed by atoms with Crippen LogP contribution in [0, 0.1) is 0 Å². The van der Waals surface area contributed by atoms with Crippen LogP contribution in [0.5, 0.6) is 0 Å². The number of carboxylic acids is 1. The minimum Gasteiger partial charge on any atom is -0.476 e. The third-order valence-corrected chi connectivity index (χ3v) is 5.99. The standard InChI is InChI=1S/C23H16BrN3O4/c24-18-10-5-11-27-20(18)25-19(22(28)29)21(27)26-23(30)31-12-17-15-8-3-1-6-13(15)14-7-2-4-9-16(14)17/h1-11,17H,12H2,(H,26,30)(H,28,29). The number of aromatic nitrogens is 2. The fourth-order valence-electron chi connectivity index (χ4n) is 4.03. The van der Waals surface area contributed by atoms with E-state index in [9.17, 15) is 14.7 Å². The number of nitrogens with one attached hydrogen (secondary N) is 1. The molecule has 4 aromatic rings. The first-order valence-electron chi connectivity index (χ1n) is 9.56. The summed E-state index contributed by atoms with van der Waals surface area (Å²) < 4.78 is 7.64. The predicted octanol–water partition coefficient (Wildman–Crippen LogP) is 5.16. The number of fused-ring (bicyclic) bond motifs is 4. The second kappa shape index (κ2) is 7.55. The van der Waals surface area contributed by atoms with E-state index in [4.69, 9.17) is 4.74 Å². The van der Waals surface area contributed by atoms with Crippen molar-refractivity contribution in [1.29, 1.82) is 0 Å². The molecular formula is C23H16BrN3O4. The molecule has 0 saturated heterocycles. The van der Waals surface area contributed by atoms with Crippen molar-refractivity contribution < 1.29 is 19.4 Å². The van der Waals surface area contributed by atoms with Crippen LogP contribution in [0.25, 0.3) is 16.8 Å². The number of rotatable bonds is 4. The number of aromatic carboxylic acids is 1. The number of amides is 1. The first-order valence-corrected chi connectivity index (χ1v) is 10.4. The molecule has 0 saturated carbocycles. The first-order chi connectivity index (χ1) is 15.0. The Balaban J connectivity index is 1.40. The quantitative estimate of drug-likeness (QED) is 0.423. The van der Waals surface area contributed by atoms with E-state index in [2.05, 4.69) is 38.4 Å². The van der Waals surface area contributed by atoms with Gasteiger partial charge in [0.25, 0.3) is 0 Å². The van der Waals surface area contributed by atoms with Crippen molar-refractivity contribution in [3.8, 4) is 11.1 Å². The molecule has 0 atom stereocenters. The third kappa shape index (κ3) is 3.25. The summed E-state index contributed by atoms with van der Waals surface area (Å²) in [6, 6.07) is 19.5. The molecule has 1 aliphatic rings. The highest BCUT2D eigenvalue weighted by Gasteiger charge is 2.29. The summed E-state index contributed by atoms with van der Waals surface area (Å²) in [5.74, 6) is -1.29. The van der Waals surface area contributed by atoms with Crippen molar-refractivity contribution in [3.63, 3.8) is 0 Å². The second-order valence-corrected chi connectivity index (χ2v) is 7.97. The van der Waals surface area contributed by atoms with Gasteiger partial charge in [-0.05, 0) is 50.3 Å². The number of imidazole rings is 1. The summed E-state index contributed by atoms with van der Waals surface area (Å²) in [5.41, 5.74) is 4.58. The summed E-state index contributed by atoms with van der Waals surface area (Å²) in [6.45, 7) is 0.128. The molecule has 0 bridgehead atoms. The number of carbonyl (C=O) groups is 2.